The van der Waals surface area contributed by atoms with Gasteiger partial charge in [0, 0.05) is 12.3 Å². The van der Waals surface area contributed by atoms with E-state index >= 15 is 0 Å². The molecular formula is C31H39ClNO4+. The van der Waals surface area contributed by atoms with E-state index in [0.717, 1.165) is 24.3 Å². The lowest BCUT2D eigenvalue weighted by molar-refractivity contribution is -0.487. The molecule has 6 heteroatoms. The molecule has 198 valence electrons. The Morgan fingerprint density at radius 1 is 1.16 bits per heavy atom. The van der Waals surface area contributed by atoms with E-state index in [4.69, 9.17) is 25.8 Å². The van der Waals surface area contributed by atoms with Crippen molar-refractivity contribution >= 4 is 24.2 Å². The Morgan fingerprint density at radius 2 is 1.84 bits per heavy atom. The van der Waals surface area contributed by atoms with Crippen LogP contribution in [0.15, 0.2) is 67.6 Å². The molecule has 2 unspecified atom stereocenters. The second-order valence-corrected chi connectivity index (χ2v) is 10.2. The van der Waals surface area contributed by atoms with E-state index in [9.17, 15) is 4.79 Å². The van der Waals surface area contributed by atoms with Gasteiger partial charge in [0.1, 0.15) is 37.0 Å². The van der Waals surface area contributed by atoms with Crippen LogP contribution in [0, 0.1) is 5.92 Å². The summed E-state index contributed by atoms with van der Waals surface area (Å²) in [6, 6.07) is 13.0. The van der Waals surface area contributed by atoms with Gasteiger partial charge in [-0.1, -0.05) is 63.4 Å². The molecule has 1 aliphatic carbocycles. The number of allylic oxidation sites excluding steroid dienone is 1. The maximum absolute atomic E-state index is 13.2. The first-order valence-corrected chi connectivity index (χ1v) is 13.4. The number of halogens is 1. The Balaban J connectivity index is 1.66. The molecule has 5 nitrogen and oxygen atoms in total. The number of nitrogens with zero attached hydrogens (tertiary/aromatic N) is 1. The minimum atomic E-state index is -0.0487. The summed E-state index contributed by atoms with van der Waals surface area (Å²) >= 11 is 6.51. The van der Waals surface area contributed by atoms with Gasteiger partial charge in [-0.25, -0.2) is 4.79 Å². The van der Waals surface area contributed by atoms with Gasteiger partial charge in [0.25, 0.3) is 0 Å². The fourth-order valence-electron chi connectivity index (χ4n) is 4.97. The lowest BCUT2D eigenvalue weighted by Crippen LogP contribution is -2.36. The van der Waals surface area contributed by atoms with Gasteiger partial charge in [-0.15, -0.1) is 0 Å². The number of benzene rings is 2. The summed E-state index contributed by atoms with van der Waals surface area (Å²) < 4.78 is 18.3. The average Bonchev–Trinajstić information content (AvgIpc) is 3.39. The molecule has 3 rings (SSSR count). The van der Waals surface area contributed by atoms with Crippen LogP contribution in [-0.2, 0) is 4.79 Å². The summed E-state index contributed by atoms with van der Waals surface area (Å²) in [5.41, 5.74) is 1.05. The zero-order chi connectivity index (χ0) is 26.8. The molecule has 37 heavy (non-hydrogen) atoms. The summed E-state index contributed by atoms with van der Waals surface area (Å²) in [5.74, 6) is 3.26. The molecular weight excluding hydrogens is 486 g/mol. The number of ether oxygens (including phenoxy) is 3. The van der Waals surface area contributed by atoms with Gasteiger partial charge in [-0.2, -0.15) is 4.58 Å². The van der Waals surface area contributed by atoms with Crippen molar-refractivity contribution in [3.63, 3.8) is 0 Å². The van der Waals surface area contributed by atoms with E-state index in [1.807, 2.05) is 30.3 Å². The second-order valence-electron chi connectivity index (χ2n) is 9.80. The Bertz CT molecular complexity index is 1090. The molecule has 1 aliphatic rings. The van der Waals surface area contributed by atoms with Gasteiger partial charge >= 0.3 is 5.91 Å². The third kappa shape index (κ3) is 8.50. The maximum Gasteiger partial charge on any atom is 0.390 e. The van der Waals surface area contributed by atoms with Crippen LogP contribution in [0.1, 0.15) is 70.3 Å². The van der Waals surface area contributed by atoms with Crippen molar-refractivity contribution in [1.29, 1.82) is 0 Å². The van der Waals surface area contributed by atoms with E-state index in [0.29, 0.717) is 28.0 Å². The molecule has 1 fully saturated rings. The maximum atomic E-state index is 13.2. The molecule has 1 saturated carbocycles. The SMILES string of the molecule is C=COc1ccc(OCCC(=O)[N+](=C)C(CCC2CCCC2)C(C)c2ccc(OC(=C)C)c(Cl)c2)cc1. The van der Waals surface area contributed by atoms with E-state index in [-0.39, 0.29) is 30.9 Å². The highest BCUT2D eigenvalue weighted by Crippen LogP contribution is 2.35. The van der Waals surface area contributed by atoms with Crippen molar-refractivity contribution in [1.82, 2.24) is 0 Å². The standard InChI is InChI=1S/C31H39ClNO4/c1-6-35-26-13-15-27(16-14-26)36-20-19-31(34)33(5)29(17-11-24-9-7-8-10-24)23(4)25-12-18-30(28(32)21-25)37-22(2)3/h6,12-16,18,21,23-24,29H,1-2,5,7-11,17,19-20H2,3-4H3/q+1. The Morgan fingerprint density at radius 3 is 2.46 bits per heavy atom. The van der Waals surface area contributed by atoms with E-state index in [1.54, 1.807) is 23.6 Å². The van der Waals surface area contributed by atoms with Crippen molar-refractivity contribution in [2.24, 2.45) is 5.92 Å². The molecule has 1 amide bonds. The Kier molecular flexibility index (Phi) is 10.8. The molecule has 2 atom stereocenters. The van der Waals surface area contributed by atoms with E-state index in [2.05, 4.69) is 26.8 Å². The van der Waals surface area contributed by atoms with Crippen LogP contribution in [0.4, 0.5) is 0 Å². The van der Waals surface area contributed by atoms with Crippen LogP contribution in [0.3, 0.4) is 0 Å². The van der Waals surface area contributed by atoms with E-state index < -0.39 is 0 Å². The molecule has 0 saturated heterocycles. The number of hydrogen-bond acceptors (Lipinski definition) is 4. The first kappa shape index (κ1) is 28.5. The van der Waals surface area contributed by atoms with Gasteiger partial charge < -0.3 is 14.2 Å². The highest BCUT2D eigenvalue weighted by atomic mass is 35.5. The highest BCUT2D eigenvalue weighted by Gasteiger charge is 2.33. The number of carbonyl (C=O) groups excluding carboxylic acids is 1. The van der Waals surface area contributed by atoms with Crippen molar-refractivity contribution in [2.75, 3.05) is 6.61 Å². The topological polar surface area (TPSA) is 47.8 Å². The van der Waals surface area contributed by atoms with Crippen molar-refractivity contribution < 1.29 is 23.6 Å². The fourth-order valence-corrected chi connectivity index (χ4v) is 5.20. The molecule has 0 spiro atoms. The lowest BCUT2D eigenvalue weighted by Gasteiger charge is -2.23. The molecule has 2 aromatic rings. The summed E-state index contributed by atoms with van der Waals surface area (Å²) in [4.78, 5) is 13.2. The van der Waals surface area contributed by atoms with Crippen LogP contribution in [0.25, 0.3) is 0 Å². The van der Waals surface area contributed by atoms with Gasteiger partial charge in [-0.05, 0) is 61.2 Å². The quantitative estimate of drug-likeness (QED) is 0.143. The van der Waals surface area contributed by atoms with Crippen LogP contribution in [0.2, 0.25) is 5.02 Å². The minimum Gasteiger partial charge on any atom is -0.493 e. The lowest BCUT2D eigenvalue weighted by atomic mass is 9.87. The largest absolute Gasteiger partial charge is 0.493 e. The van der Waals surface area contributed by atoms with Crippen LogP contribution >= 0.6 is 11.6 Å². The van der Waals surface area contributed by atoms with Crippen LogP contribution in [0.5, 0.6) is 17.2 Å². The fraction of sp³-hybridized carbons (Fsp3) is 0.419. The second kappa shape index (κ2) is 14.0. The third-order valence-corrected chi connectivity index (χ3v) is 7.33. The number of rotatable bonds is 14. The minimum absolute atomic E-state index is 0.0387. The number of hydrogen-bond donors (Lipinski definition) is 0. The van der Waals surface area contributed by atoms with Crippen LogP contribution in [-0.4, -0.2) is 29.8 Å². The zero-order valence-corrected chi connectivity index (χ0v) is 22.8. The summed E-state index contributed by atoms with van der Waals surface area (Å²) in [7, 11) is 0. The van der Waals surface area contributed by atoms with Crippen LogP contribution < -0.4 is 14.2 Å². The molecule has 0 aromatic heterocycles. The zero-order valence-electron chi connectivity index (χ0n) is 22.1. The average molecular weight is 525 g/mol. The molecule has 0 heterocycles. The monoisotopic (exact) mass is 524 g/mol. The molecule has 0 radical (unpaired) electrons. The summed E-state index contributed by atoms with van der Waals surface area (Å²) in [6.07, 6.45) is 8.76. The Hall–Kier alpha value is -3.05. The predicted octanol–water partition coefficient (Wildman–Crippen LogP) is 7.93. The van der Waals surface area contributed by atoms with Crippen molar-refractivity contribution in [3.8, 4) is 17.2 Å². The van der Waals surface area contributed by atoms with E-state index in [1.165, 1.54) is 31.9 Å². The molecule has 0 aliphatic heterocycles. The summed E-state index contributed by atoms with van der Waals surface area (Å²) in [5, 5.41) is 0.529. The summed E-state index contributed by atoms with van der Waals surface area (Å²) in [6.45, 7) is 15.7. The number of carbonyl (C=O) groups is 1. The smallest absolute Gasteiger partial charge is 0.390 e. The molecule has 2 aromatic carbocycles. The van der Waals surface area contributed by atoms with Gasteiger partial charge in [0.05, 0.1) is 17.0 Å². The van der Waals surface area contributed by atoms with Gasteiger partial charge in [-0.3, -0.25) is 0 Å². The number of amides is 1. The predicted molar refractivity (Wildman–Crippen MR) is 150 cm³/mol. The molecule has 0 bridgehead atoms. The molecule has 0 N–H and O–H groups in total. The third-order valence-electron chi connectivity index (χ3n) is 7.04. The Labute approximate surface area is 226 Å². The first-order valence-electron chi connectivity index (χ1n) is 13.0. The van der Waals surface area contributed by atoms with Crippen molar-refractivity contribution in [2.45, 2.75) is 70.8 Å². The normalized spacial score (nSPS) is 15.0. The van der Waals surface area contributed by atoms with Gasteiger partial charge in [0.2, 0.25) is 0 Å². The highest BCUT2D eigenvalue weighted by molar-refractivity contribution is 6.32. The van der Waals surface area contributed by atoms with Gasteiger partial charge in [0.15, 0.2) is 6.04 Å². The first-order chi connectivity index (χ1) is 17.8. The van der Waals surface area contributed by atoms with Crippen molar-refractivity contribution in [3.05, 3.63) is 78.2 Å².